The predicted molar refractivity (Wildman–Crippen MR) is 164 cm³/mol. The van der Waals surface area contributed by atoms with Crippen molar-refractivity contribution in [3.8, 4) is 5.75 Å². The van der Waals surface area contributed by atoms with E-state index in [0.29, 0.717) is 37.5 Å². The van der Waals surface area contributed by atoms with Crippen LogP contribution in [-0.4, -0.2) is 89.6 Å². The number of piperazine rings is 1. The molecule has 0 radical (unpaired) electrons. The first-order valence-electron chi connectivity index (χ1n) is 15.9. The number of hydrogen-bond donors (Lipinski definition) is 3. The fourth-order valence-corrected chi connectivity index (χ4v) is 7.23. The number of halogens is 1. The number of benzene rings is 1. The summed E-state index contributed by atoms with van der Waals surface area (Å²) in [5, 5.41) is 16.9. The molecule has 2 saturated heterocycles. The van der Waals surface area contributed by atoms with Crippen molar-refractivity contribution in [2.24, 2.45) is 11.8 Å². The fraction of sp³-hybridized carbons (Fsp3) is 0.719. The maximum atomic E-state index is 13.9. The van der Waals surface area contributed by atoms with Crippen molar-refractivity contribution in [3.05, 3.63) is 29.8 Å². The lowest BCUT2D eigenvalue weighted by Crippen LogP contribution is -2.75. The third kappa shape index (κ3) is 6.89. The number of aliphatic hydroxyl groups excluding tert-OH is 1. The lowest BCUT2D eigenvalue weighted by atomic mass is 9.77. The van der Waals surface area contributed by atoms with Crippen LogP contribution in [-0.2, 0) is 9.59 Å². The maximum Gasteiger partial charge on any atom is 0.251 e. The highest BCUT2D eigenvalue weighted by Gasteiger charge is 2.56. The van der Waals surface area contributed by atoms with Crippen LogP contribution in [0.2, 0.25) is 0 Å². The molecule has 0 aromatic heterocycles. The van der Waals surface area contributed by atoms with Crippen LogP contribution in [0.1, 0.15) is 87.9 Å². The van der Waals surface area contributed by atoms with E-state index in [-0.39, 0.29) is 42.1 Å². The first-order chi connectivity index (χ1) is 19.9. The summed E-state index contributed by atoms with van der Waals surface area (Å²) in [5.41, 5.74) is -0.253. The van der Waals surface area contributed by atoms with Crippen LogP contribution in [0, 0.1) is 11.8 Å². The topological polar surface area (TPSA) is 111 Å². The molecule has 10 heteroatoms. The van der Waals surface area contributed by atoms with Crippen LogP contribution in [0.25, 0.3) is 0 Å². The third-order valence-corrected chi connectivity index (χ3v) is 9.99. The molecule has 2 aliphatic carbocycles. The van der Waals surface area contributed by atoms with E-state index in [9.17, 15) is 19.5 Å². The second kappa shape index (κ2) is 14.4. The highest BCUT2D eigenvalue weighted by atomic mass is 35.5. The summed E-state index contributed by atoms with van der Waals surface area (Å²) in [7, 11) is 1.62. The molecule has 5 rings (SSSR count). The maximum absolute atomic E-state index is 13.9. The van der Waals surface area contributed by atoms with Crippen molar-refractivity contribution >= 4 is 30.1 Å². The van der Waals surface area contributed by atoms with Crippen molar-refractivity contribution in [1.82, 2.24) is 20.4 Å². The molecule has 2 saturated carbocycles. The SMILES string of the molecule is CCCCN1C(=O)[C@@H]([C@H](O)C2CCCCC2)NC(=O)C12CCN(C(COc1ccc(C(=O)NC)cc1)C1CC1)CC2.Cl. The molecule has 1 aromatic rings. The Balaban J connectivity index is 0.00000405. The fourth-order valence-electron chi connectivity index (χ4n) is 7.23. The third-order valence-electron chi connectivity index (χ3n) is 9.99. The number of piperidine rings is 1. The number of carbonyl (C=O) groups excluding carboxylic acids is 3. The Kier molecular flexibility index (Phi) is 11.2. The van der Waals surface area contributed by atoms with Gasteiger partial charge in [0.05, 0.1) is 6.10 Å². The van der Waals surface area contributed by atoms with Gasteiger partial charge in [0.25, 0.3) is 5.91 Å². The first-order valence-corrected chi connectivity index (χ1v) is 15.9. The summed E-state index contributed by atoms with van der Waals surface area (Å²) in [6, 6.07) is 6.62. The summed E-state index contributed by atoms with van der Waals surface area (Å²) >= 11 is 0. The van der Waals surface area contributed by atoms with Gasteiger partial charge in [-0.15, -0.1) is 12.4 Å². The minimum absolute atomic E-state index is 0. The number of nitrogens with zero attached hydrogens (tertiary/aromatic N) is 2. The molecule has 42 heavy (non-hydrogen) atoms. The summed E-state index contributed by atoms with van der Waals surface area (Å²) < 4.78 is 6.19. The van der Waals surface area contributed by atoms with Gasteiger partial charge in [0.15, 0.2) is 0 Å². The Morgan fingerprint density at radius 1 is 1.07 bits per heavy atom. The number of carbonyl (C=O) groups is 3. The van der Waals surface area contributed by atoms with E-state index >= 15 is 0 Å². The molecule has 2 heterocycles. The second-order valence-electron chi connectivity index (χ2n) is 12.6. The molecule has 9 nitrogen and oxygen atoms in total. The number of aliphatic hydroxyl groups is 1. The zero-order chi connectivity index (χ0) is 29.0. The lowest BCUT2D eigenvalue weighted by Gasteiger charge is -2.53. The van der Waals surface area contributed by atoms with Gasteiger partial charge in [0.2, 0.25) is 11.8 Å². The second-order valence-corrected chi connectivity index (χ2v) is 12.6. The van der Waals surface area contributed by atoms with E-state index < -0.39 is 17.7 Å². The summed E-state index contributed by atoms with van der Waals surface area (Å²) in [5.74, 6) is 1.06. The van der Waals surface area contributed by atoms with Gasteiger partial charge in [-0.25, -0.2) is 0 Å². The standard InChI is InChI=1S/C32H48N4O5.ClH/c1-3-4-18-36-30(39)27(28(37)23-8-6-5-7-9-23)34-31(40)32(36)16-19-35(20-17-32)26(22-10-11-22)21-41-25-14-12-24(13-15-25)29(38)33-2;/h12-15,22-23,26-28,37H,3-11,16-21H2,1-2H3,(H,33,38)(H,34,40);1H/t26?,27-,28-;/m1./s1. The monoisotopic (exact) mass is 604 g/mol. The number of hydrogen-bond acceptors (Lipinski definition) is 6. The number of amides is 3. The summed E-state index contributed by atoms with van der Waals surface area (Å²) in [6.45, 7) is 4.65. The van der Waals surface area contributed by atoms with Gasteiger partial charge >= 0.3 is 0 Å². The van der Waals surface area contributed by atoms with Crippen molar-refractivity contribution < 1.29 is 24.2 Å². The normalized spacial score (nSPS) is 24.5. The van der Waals surface area contributed by atoms with E-state index in [1.807, 2.05) is 17.0 Å². The van der Waals surface area contributed by atoms with Crippen LogP contribution in [0.5, 0.6) is 5.75 Å². The van der Waals surface area contributed by atoms with Crippen LogP contribution in [0.4, 0.5) is 0 Å². The molecule has 3 amide bonds. The molecule has 3 N–H and O–H groups in total. The van der Waals surface area contributed by atoms with Crippen molar-refractivity contribution in [1.29, 1.82) is 0 Å². The first kappa shape index (κ1) is 32.6. The van der Waals surface area contributed by atoms with Gasteiger partial charge in [0, 0.05) is 38.3 Å². The van der Waals surface area contributed by atoms with E-state index in [4.69, 9.17) is 4.74 Å². The minimum Gasteiger partial charge on any atom is -0.492 e. The molecule has 0 bridgehead atoms. The van der Waals surface area contributed by atoms with Crippen LogP contribution in [0.15, 0.2) is 24.3 Å². The van der Waals surface area contributed by atoms with Crippen molar-refractivity contribution in [3.63, 3.8) is 0 Å². The minimum atomic E-state index is -0.851. The van der Waals surface area contributed by atoms with Crippen LogP contribution in [0.3, 0.4) is 0 Å². The molecule has 234 valence electrons. The van der Waals surface area contributed by atoms with Crippen molar-refractivity contribution in [2.75, 3.05) is 33.3 Å². The molecule has 4 aliphatic rings. The molecule has 3 atom stereocenters. The van der Waals surface area contributed by atoms with E-state index in [1.165, 1.54) is 19.3 Å². The van der Waals surface area contributed by atoms with Gasteiger partial charge in [0.1, 0.15) is 23.9 Å². The summed E-state index contributed by atoms with van der Waals surface area (Å²) in [6.07, 6.45) is 9.63. The Labute approximate surface area is 256 Å². The van der Waals surface area contributed by atoms with Gasteiger partial charge in [-0.2, -0.15) is 0 Å². The van der Waals surface area contributed by atoms with Gasteiger partial charge in [-0.1, -0.05) is 32.6 Å². The number of likely N-dealkylation sites (tertiary alicyclic amines) is 1. The Hall–Kier alpha value is -2.36. The van der Waals surface area contributed by atoms with Gasteiger partial charge in [-0.3, -0.25) is 19.3 Å². The largest absolute Gasteiger partial charge is 0.492 e. The predicted octanol–water partition coefficient (Wildman–Crippen LogP) is 3.53. The molecule has 1 aromatic carbocycles. The summed E-state index contributed by atoms with van der Waals surface area (Å²) in [4.78, 5) is 43.9. The molecular weight excluding hydrogens is 556 g/mol. The number of unbranched alkanes of at least 4 members (excludes halogenated alkanes) is 1. The highest BCUT2D eigenvalue weighted by molar-refractivity contribution is 6.00. The molecule has 2 aliphatic heterocycles. The molecule has 1 unspecified atom stereocenters. The number of nitrogens with one attached hydrogen (secondary N) is 2. The molecular formula is C32H49ClN4O5. The average molecular weight is 605 g/mol. The zero-order valence-corrected chi connectivity index (χ0v) is 26.0. The van der Waals surface area contributed by atoms with Crippen LogP contribution >= 0.6 is 12.4 Å². The van der Waals surface area contributed by atoms with Gasteiger partial charge < -0.3 is 25.4 Å². The molecule has 4 fully saturated rings. The Morgan fingerprint density at radius 2 is 1.74 bits per heavy atom. The van der Waals surface area contributed by atoms with Crippen molar-refractivity contribution in [2.45, 2.75) is 101 Å². The number of ether oxygens (including phenoxy) is 1. The Morgan fingerprint density at radius 3 is 2.33 bits per heavy atom. The number of rotatable bonds is 11. The Bertz CT molecular complexity index is 1070. The van der Waals surface area contributed by atoms with E-state index in [2.05, 4.69) is 22.5 Å². The highest BCUT2D eigenvalue weighted by Crippen LogP contribution is 2.40. The zero-order valence-electron chi connectivity index (χ0n) is 25.2. The molecule has 1 spiro atoms. The smallest absolute Gasteiger partial charge is 0.251 e. The lowest BCUT2D eigenvalue weighted by molar-refractivity contribution is -0.166. The van der Waals surface area contributed by atoms with E-state index in [1.54, 1.807) is 19.2 Å². The average Bonchev–Trinajstić information content (AvgIpc) is 3.85. The quantitative estimate of drug-likeness (QED) is 0.356. The van der Waals surface area contributed by atoms with Crippen LogP contribution < -0.4 is 15.4 Å². The van der Waals surface area contributed by atoms with Gasteiger partial charge in [-0.05, 0) is 81.0 Å². The van der Waals surface area contributed by atoms with E-state index in [0.717, 1.165) is 57.4 Å².